The van der Waals surface area contributed by atoms with Gasteiger partial charge in [-0.2, -0.15) is 19.0 Å². The van der Waals surface area contributed by atoms with Gasteiger partial charge in [-0.25, -0.2) is 10.1 Å². The first-order valence-electron chi connectivity index (χ1n) is 8.33. The molecule has 1 amide bonds. The van der Waals surface area contributed by atoms with Gasteiger partial charge in [0, 0.05) is 12.4 Å². The number of fused-ring (bicyclic) bond motifs is 1. The second-order valence-corrected chi connectivity index (χ2v) is 5.81. The lowest BCUT2D eigenvalue weighted by molar-refractivity contribution is -0.0512. The van der Waals surface area contributed by atoms with Crippen LogP contribution in [0.5, 0.6) is 11.5 Å². The van der Waals surface area contributed by atoms with Crippen LogP contribution in [0.2, 0.25) is 0 Å². The maximum atomic E-state index is 12.5. The predicted octanol–water partition coefficient (Wildman–Crippen LogP) is 2.31. The molecular weight excluding hydrogens is 386 g/mol. The Kier molecular flexibility index (Phi) is 5.82. The lowest BCUT2D eigenvalue weighted by Gasteiger charge is -2.10. The topological polar surface area (TPSA) is 94.8 Å². The molecule has 0 aliphatic heterocycles. The number of ether oxygens (including phenoxy) is 2. The van der Waals surface area contributed by atoms with E-state index in [0.29, 0.717) is 16.3 Å². The maximum Gasteiger partial charge on any atom is 0.387 e. The Morgan fingerprint density at radius 2 is 1.93 bits per heavy atom. The highest BCUT2D eigenvalue weighted by atomic mass is 19.3. The van der Waals surface area contributed by atoms with Crippen LogP contribution in [0.4, 0.5) is 8.78 Å². The van der Waals surface area contributed by atoms with E-state index >= 15 is 0 Å². The number of hydrogen-bond acceptors (Lipinski definition) is 6. The minimum Gasteiger partial charge on any atom is -0.493 e. The van der Waals surface area contributed by atoms with E-state index in [1.54, 1.807) is 24.3 Å². The van der Waals surface area contributed by atoms with Gasteiger partial charge in [0.2, 0.25) is 0 Å². The van der Waals surface area contributed by atoms with Crippen LogP contribution in [-0.2, 0) is 7.05 Å². The number of hydrogen-bond donors (Lipinski definition) is 1. The van der Waals surface area contributed by atoms with Crippen molar-refractivity contribution in [2.75, 3.05) is 7.11 Å². The molecule has 0 radical (unpaired) electrons. The number of nitrogens with one attached hydrogen (secondary N) is 1. The normalized spacial score (nSPS) is 11.2. The van der Waals surface area contributed by atoms with Crippen molar-refractivity contribution >= 4 is 22.9 Å². The third-order valence-corrected chi connectivity index (χ3v) is 3.96. The SMILES string of the molecule is COc1cc(/C=N\NC(=O)c2nn(C)c(=O)c3ccccc23)ccc1OC(F)F. The van der Waals surface area contributed by atoms with Crippen LogP contribution in [0.3, 0.4) is 0 Å². The largest absolute Gasteiger partial charge is 0.493 e. The molecule has 0 spiro atoms. The first kappa shape index (κ1) is 19.9. The molecule has 0 fully saturated rings. The predicted molar refractivity (Wildman–Crippen MR) is 102 cm³/mol. The number of benzene rings is 2. The molecule has 1 aromatic heterocycles. The quantitative estimate of drug-likeness (QED) is 0.504. The number of rotatable bonds is 6. The van der Waals surface area contributed by atoms with Gasteiger partial charge in [0.15, 0.2) is 17.2 Å². The zero-order chi connectivity index (χ0) is 21.0. The standard InChI is InChI=1S/C19H16F2N4O4/c1-25-18(27)13-6-4-3-5-12(13)16(24-25)17(26)23-22-10-11-7-8-14(29-19(20)21)15(9-11)28-2/h3-10,19H,1-2H3,(H,23,26)/b22-10-. The Balaban J connectivity index is 1.81. The molecule has 3 rings (SSSR count). The van der Waals surface area contributed by atoms with Crippen LogP contribution in [0.15, 0.2) is 52.4 Å². The van der Waals surface area contributed by atoms with E-state index in [-0.39, 0.29) is 22.8 Å². The molecule has 29 heavy (non-hydrogen) atoms. The summed E-state index contributed by atoms with van der Waals surface area (Å²) < 4.78 is 35.2. The Morgan fingerprint density at radius 3 is 2.62 bits per heavy atom. The van der Waals surface area contributed by atoms with Crippen LogP contribution in [-0.4, -0.2) is 35.6 Å². The van der Waals surface area contributed by atoms with E-state index in [0.717, 1.165) is 4.68 Å². The average molecular weight is 402 g/mol. The first-order chi connectivity index (χ1) is 13.9. The van der Waals surface area contributed by atoms with E-state index in [2.05, 4.69) is 20.4 Å². The molecule has 0 bridgehead atoms. The molecule has 0 unspecified atom stereocenters. The number of hydrazone groups is 1. The Morgan fingerprint density at radius 1 is 1.21 bits per heavy atom. The highest BCUT2D eigenvalue weighted by molar-refractivity contribution is 6.04. The van der Waals surface area contributed by atoms with Crippen LogP contribution in [0.1, 0.15) is 16.1 Å². The molecule has 10 heteroatoms. The highest BCUT2D eigenvalue weighted by Gasteiger charge is 2.15. The fourth-order valence-corrected chi connectivity index (χ4v) is 2.64. The van der Waals surface area contributed by atoms with E-state index in [4.69, 9.17) is 4.74 Å². The number of amides is 1. The third-order valence-electron chi connectivity index (χ3n) is 3.96. The molecule has 3 aromatic rings. The van der Waals surface area contributed by atoms with Crippen LogP contribution >= 0.6 is 0 Å². The molecule has 1 N–H and O–H groups in total. The molecule has 0 aliphatic rings. The van der Waals surface area contributed by atoms with Gasteiger partial charge in [0.05, 0.1) is 18.7 Å². The third kappa shape index (κ3) is 4.37. The van der Waals surface area contributed by atoms with E-state index in [9.17, 15) is 18.4 Å². The lowest BCUT2D eigenvalue weighted by atomic mass is 10.1. The van der Waals surface area contributed by atoms with E-state index in [1.807, 2.05) is 0 Å². The van der Waals surface area contributed by atoms with Gasteiger partial charge in [-0.15, -0.1) is 0 Å². The van der Waals surface area contributed by atoms with E-state index < -0.39 is 12.5 Å². The molecule has 2 aromatic carbocycles. The van der Waals surface area contributed by atoms with Crippen LogP contribution in [0.25, 0.3) is 10.8 Å². The zero-order valence-electron chi connectivity index (χ0n) is 15.4. The first-order valence-corrected chi connectivity index (χ1v) is 8.33. The summed E-state index contributed by atoms with van der Waals surface area (Å²) in [4.78, 5) is 24.6. The molecule has 150 valence electrons. The molecule has 8 nitrogen and oxygen atoms in total. The minimum atomic E-state index is -2.98. The summed E-state index contributed by atoms with van der Waals surface area (Å²) in [6, 6.07) is 10.8. The number of halogens is 2. The van der Waals surface area contributed by atoms with Gasteiger partial charge in [-0.3, -0.25) is 9.59 Å². The lowest BCUT2D eigenvalue weighted by Crippen LogP contribution is -2.27. The number of nitrogens with zero attached hydrogens (tertiary/aromatic N) is 3. The van der Waals surface area contributed by atoms with Gasteiger partial charge in [0.1, 0.15) is 0 Å². The summed E-state index contributed by atoms with van der Waals surface area (Å²) in [6.07, 6.45) is 1.30. The highest BCUT2D eigenvalue weighted by Crippen LogP contribution is 2.28. The van der Waals surface area contributed by atoms with Gasteiger partial charge in [-0.05, 0) is 29.8 Å². The maximum absolute atomic E-state index is 12.5. The summed E-state index contributed by atoms with van der Waals surface area (Å²) in [6.45, 7) is -2.98. The van der Waals surface area contributed by atoms with Crippen molar-refractivity contribution in [1.29, 1.82) is 0 Å². The Bertz CT molecular complexity index is 1140. The van der Waals surface area contributed by atoms with Gasteiger partial charge in [-0.1, -0.05) is 18.2 Å². The van der Waals surface area contributed by atoms with Crippen LogP contribution in [0, 0.1) is 0 Å². The molecule has 0 saturated heterocycles. The summed E-state index contributed by atoms with van der Waals surface area (Å²) in [5.74, 6) is -0.645. The van der Waals surface area contributed by atoms with Crippen LogP contribution < -0.4 is 20.5 Å². The van der Waals surface area contributed by atoms with Crippen molar-refractivity contribution in [2.24, 2.45) is 12.1 Å². The fraction of sp³-hybridized carbons (Fsp3) is 0.158. The van der Waals surface area contributed by atoms with Crippen molar-refractivity contribution < 1.29 is 23.0 Å². The zero-order valence-corrected chi connectivity index (χ0v) is 15.4. The van der Waals surface area contributed by atoms with Crippen molar-refractivity contribution in [2.45, 2.75) is 6.61 Å². The number of carbonyl (C=O) groups is 1. The number of aryl methyl sites for hydroxylation is 1. The van der Waals surface area contributed by atoms with Gasteiger partial charge >= 0.3 is 6.61 Å². The van der Waals surface area contributed by atoms with Gasteiger partial charge < -0.3 is 9.47 Å². The van der Waals surface area contributed by atoms with Gasteiger partial charge in [0.25, 0.3) is 11.5 Å². The van der Waals surface area contributed by atoms with Crippen molar-refractivity contribution in [3.63, 3.8) is 0 Å². The van der Waals surface area contributed by atoms with Crippen molar-refractivity contribution in [1.82, 2.24) is 15.2 Å². The smallest absolute Gasteiger partial charge is 0.387 e. The van der Waals surface area contributed by atoms with E-state index in [1.165, 1.54) is 38.6 Å². The summed E-state index contributed by atoms with van der Waals surface area (Å²) in [5, 5.41) is 8.61. The minimum absolute atomic E-state index is 0.0399. The average Bonchev–Trinajstić information content (AvgIpc) is 2.71. The molecule has 1 heterocycles. The number of methoxy groups -OCH3 is 1. The summed E-state index contributed by atoms with van der Waals surface area (Å²) in [7, 11) is 2.76. The number of alkyl halides is 2. The van der Waals surface area contributed by atoms with Crippen molar-refractivity contribution in [3.8, 4) is 11.5 Å². The fourth-order valence-electron chi connectivity index (χ4n) is 2.64. The van der Waals surface area contributed by atoms with Crippen molar-refractivity contribution in [3.05, 3.63) is 64.1 Å². The number of aromatic nitrogens is 2. The molecule has 0 aliphatic carbocycles. The Labute approximate surface area is 163 Å². The molecular formula is C19H16F2N4O4. The monoisotopic (exact) mass is 402 g/mol. The summed E-state index contributed by atoms with van der Waals surface area (Å²) in [5.41, 5.74) is 2.52. The molecule has 0 atom stereocenters. The summed E-state index contributed by atoms with van der Waals surface area (Å²) >= 11 is 0. The number of carbonyl (C=O) groups excluding carboxylic acids is 1. The second kappa shape index (κ2) is 8.46. The second-order valence-electron chi connectivity index (χ2n) is 5.81. The molecule has 0 saturated carbocycles. The Hall–Kier alpha value is -3.82.